The minimum atomic E-state index is -1.03. The van der Waals surface area contributed by atoms with Crippen LogP contribution in [0.1, 0.15) is 43.7 Å². The van der Waals surface area contributed by atoms with Crippen LogP contribution >= 0.6 is 11.3 Å². The molecule has 0 aromatic carbocycles. The Morgan fingerprint density at radius 2 is 2.10 bits per heavy atom. The van der Waals surface area contributed by atoms with Crippen molar-refractivity contribution < 1.29 is 14.7 Å². The summed E-state index contributed by atoms with van der Waals surface area (Å²) in [6, 6.07) is 2.14. The smallest absolute Gasteiger partial charge is 0.331 e. The van der Waals surface area contributed by atoms with Gasteiger partial charge in [-0.25, -0.2) is 4.79 Å². The van der Waals surface area contributed by atoms with Crippen molar-refractivity contribution in [3.05, 3.63) is 33.0 Å². The van der Waals surface area contributed by atoms with Gasteiger partial charge in [-0.3, -0.25) is 4.79 Å². The van der Waals surface area contributed by atoms with Crippen molar-refractivity contribution in [2.24, 2.45) is 0 Å². The molecule has 2 rings (SSSR count). The molecule has 1 atom stereocenters. The average Bonchev–Trinajstić information content (AvgIpc) is 2.91. The SMILES string of the molecule is CCC1c2ccsc2CCN1C(=O)C(C)=C(C)C(=O)O. The summed E-state index contributed by atoms with van der Waals surface area (Å²) in [5.41, 5.74) is 1.67. The van der Waals surface area contributed by atoms with Crippen LogP contribution in [0, 0.1) is 0 Å². The molecule has 1 amide bonds. The highest BCUT2D eigenvalue weighted by molar-refractivity contribution is 7.10. The Morgan fingerprint density at radius 1 is 1.40 bits per heavy atom. The Labute approximate surface area is 122 Å². The number of amides is 1. The summed E-state index contributed by atoms with van der Waals surface area (Å²) in [4.78, 5) is 26.7. The van der Waals surface area contributed by atoms with Gasteiger partial charge < -0.3 is 10.0 Å². The highest BCUT2D eigenvalue weighted by atomic mass is 32.1. The minimum absolute atomic E-state index is 0.0639. The standard InChI is InChI=1S/C15H19NO3S/c1-4-12-11-6-8-20-13(11)5-7-16(12)14(17)9(2)10(3)15(18)19/h6,8,12H,4-5,7H2,1-3H3,(H,18,19). The third-order valence-electron chi connectivity index (χ3n) is 3.95. The van der Waals surface area contributed by atoms with E-state index < -0.39 is 5.97 Å². The second kappa shape index (κ2) is 5.79. The normalized spacial score (nSPS) is 19.4. The molecule has 0 bridgehead atoms. The van der Waals surface area contributed by atoms with E-state index in [9.17, 15) is 9.59 Å². The topological polar surface area (TPSA) is 57.6 Å². The van der Waals surface area contributed by atoms with Crippen LogP contribution in [-0.4, -0.2) is 28.4 Å². The van der Waals surface area contributed by atoms with Crippen molar-refractivity contribution in [2.75, 3.05) is 6.54 Å². The first-order valence-electron chi connectivity index (χ1n) is 6.75. The van der Waals surface area contributed by atoms with E-state index in [1.165, 1.54) is 17.4 Å². The lowest BCUT2D eigenvalue weighted by atomic mass is 9.96. The van der Waals surface area contributed by atoms with Crippen molar-refractivity contribution in [1.82, 2.24) is 4.90 Å². The zero-order chi connectivity index (χ0) is 14.9. The number of hydrogen-bond donors (Lipinski definition) is 1. The largest absolute Gasteiger partial charge is 0.478 e. The van der Waals surface area contributed by atoms with Crippen LogP contribution in [0.15, 0.2) is 22.6 Å². The molecular weight excluding hydrogens is 274 g/mol. The summed E-state index contributed by atoms with van der Waals surface area (Å²) in [6.45, 7) is 5.80. The number of fused-ring (bicyclic) bond motifs is 1. The molecular formula is C15H19NO3S. The first kappa shape index (κ1) is 14.8. The van der Waals surface area contributed by atoms with Gasteiger partial charge in [0.15, 0.2) is 0 Å². The maximum absolute atomic E-state index is 12.6. The van der Waals surface area contributed by atoms with Gasteiger partial charge in [-0.2, -0.15) is 0 Å². The fourth-order valence-corrected chi connectivity index (χ4v) is 3.54. The number of hydrogen-bond acceptors (Lipinski definition) is 3. The molecule has 1 aromatic heterocycles. The molecule has 1 N–H and O–H groups in total. The van der Waals surface area contributed by atoms with Crippen LogP contribution in [0.4, 0.5) is 0 Å². The first-order valence-corrected chi connectivity index (χ1v) is 7.63. The third-order valence-corrected chi connectivity index (χ3v) is 4.94. The summed E-state index contributed by atoms with van der Waals surface area (Å²) in [5.74, 6) is -1.19. The lowest BCUT2D eigenvalue weighted by Crippen LogP contribution is -2.40. The molecule has 20 heavy (non-hydrogen) atoms. The molecule has 0 aliphatic carbocycles. The van der Waals surface area contributed by atoms with Crippen LogP contribution < -0.4 is 0 Å². The predicted molar refractivity (Wildman–Crippen MR) is 78.8 cm³/mol. The molecule has 1 aliphatic heterocycles. The number of carboxylic acids is 1. The fourth-order valence-electron chi connectivity index (χ4n) is 2.62. The number of carboxylic acid groups (broad SMARTS) is 1. The predicted octanol–water partition coefficient (Wildman–Crippen LogP) is 3.00. The fraction of sp³-hybridized carbons (Fsp3) is 0.467. The second-order valence-electron chi connectivity index (χ2n) is 5.03. The molecule has 108 valence electrons. The van der Waals surface area contributed by atoms with E-state index in [0.717, 1.165) is 12.8 Å². The zero-order valence-corrected chi connectivity index (χ0v) is 12.8. The van der Waals surface area contributed by atoms with E-state index in [4.69, 9.17) is 5.11 Å². The second-order valence-corrected chi connectivity index (χ2v) is 6.03. The Balaban J connectivity index is 2.32. The number of aliphatic carboxylic acids is 1. The Morgan fingerprint density at radius 3 is 2.70 bits per heavy atom. The Bertz CT molecular complexity index is 573. The van der Waals surface area contributed by atoms with Gasteiger partial charge in [0.2, 0.25) is 0 Å². The summed E-state index contributed by atoms with van der Waals surface area (Å²) < 4.78 is 0. The quantitative estimate of drug-likeness (QED) is 0.872. The third kappa shape index (κ3) is 2.50. The van der Waals surface area contributed by atoms with Crippen LogP contribution in [0.25, 0.3) is 0 Å². The van der Waals surface area contributed by atoms with Crippen LogP contribution in [0.5, 0.6) is 0 Å². The van der Waals surface area contributed by atoms with Gasteiger partial charge in [0.05, 0.1) is 6.04 Å². The molecule has 0 spiro atoms. The highest BCUT2D eigenvalue weighted by Gasteiger charge is 2.31. The molecule has 0 saturated carbocycles. The van der Waals surface area contributed by atoms with E-state index in [1.807, 2.05) is 4.90 Å². The molecule has 0 fully saturated rings. The van der Waals surface area contributed by atoms with Gasteiger partial charge in [0.25, 0.3) is 5.91 Å². The summed E-state index contributed by atoms with van der Waals surface area (Å²) in [5, 5.41) is 11.1. The van der Waals surface area contributed by atoms with Crippen LogP contribution in [0.2, 0.25) is 0 Å². The number of carbonyl (C=O) groups excluding carboxylic acids is 1. The monoisotopic (exact) mass is 293 g/mol. The van der Waals surface area contributed by atoms with Gasteiger partial charge in [-0.15, -0.1) is 11.3 Å². The number of nitrogens with zero attached hydrogens (tertiary/aromatic N) is 1. The van der Waals surface area contributed by atoms with Crippen LogP contribution in [-0.2, 0) is 16.0 Å². The zero-order valence-electron chi connectivity index (χ0n) is 12.0. The maximum Gasteiger partial charge on any atom is 0.331 e. The first-order chi connectivity index (χ1) is 9.47. The molecule has 4 nitrogen and oxygen atoms in total. The van der Waals surface area contributed by atoms with Crippen molar-refractivity contribution >= 4 is 23.2 Å². The maximum atomic E-state index is 12.6. The van der Waals surface area contributed by atoms with E-state index >= 15 is 0 Å². The van der Waals surface area contributed by atoms with Crippen molar-refractivity contribution in [1.29, 1.82) is 0 Å². The summed E-state index contributed by atoms with van der Waals surface area (Å²) >= 11 is 1.73. The molecule has 0 saturated heterocycles. The molecule has 2 heterocycles. The van der Waals surface area contributed by atoms with Gasteiger partial charge in [-0.1, -0.05) is 6.92 Å². The summed E-state index contributed by atoms with van der Waals surface area (Å²) in [7, 11) is 0. The van der Waals surface area contributed by atoms with Gasteiger partial charge in [0.1, 0.15) is 0 Å². The molecule has 5 heteroatoms. The minimum Gasteiger partial charge on any atom is -0.478 e. The van der Waals surface area contributed by atoms with E-state index in [-0.39, 0.29) is 17.5 Å². The van der Waals surface area contributed by atoms with Gasteiger partial charge >= 0.3 is 5.97 Å². The lowest BCUT2D eigenvalue weighted by Gasteiger charge is -2.36. The average molecular weight is 293 g/mol. The van der Waals surface area contributed by atoms with E-state index in [1.54, 1.807) is 18.3 Å². The molecule has 1 aromatic rings. The molecule has 1 aliphatic rings. The van der Waals surface area contributed by atoms with Gasteiger partial charge in [0, 0.05) is 22.6 Å². The number of thiophene rings is 1. The highest BCUT2D eigenvalue weighted by Crippen LogP contribution is 2.36. The number of rotatable bonds is 3. The molecule has 0 radical (unpaired) electrons. The molecule has 1 unspecified atom stereocenters. The van der Waals surface area contributed by atoms with Crippen molar-refractivity contribution in [3.63, 3.8) is 0 Å². The van der Waals surface area contributed by atoms with E-state index in [2.05, 4.69) is 18.4 Å². The lowest BCUT2D eigenvalue weighted by molar-refractivity contribution is -0.134. The van der Waals surface area contributed by atoms with E-state index in [0.29, 0.717) is 12.1 Å². The van der Waals surface area contributed by atoms with Crippen molar-refractivity contribution in [3.8, 4) is 0 Å². The Hall–Kier alpha value is -1.62. The summed E-state index contributed by atoms with van der Waals surface area (Å²) in [6.07, 6.45) is 1.70. The van der Waals surface area contributed by atoms with Crippen molar-refractivity contribution in [2.45, 2.75) is 39.7 Å². The van der Waals surface area contributed by atoms with Crippen LogP contribution in [0.3, 0.4) is 0 Å². The van der Waals surface area contributed by atoms with Gasteiger partial charge in [-0.05, 0) is 43.7 Å². The number of carbonyl (C=O) groups is 2. The Kier molecular flexibility index (Phi) is 4.28.